The Labute approximate surface area is 75.8 Å². The van der Waals surface area contributed by atoms with Crippen LogP contribution in [0.4, 0.5) is 4.39 Å². The van der Waals surface area contributed by atoms with E-state index in [1.807, 2.05) is 0 Å². The Bertz CT molecular complexity index is 273. The van der Waals surface area contributed by atoms with Crippen LogP contribution in [0.1, 0.15) is 11.1 Å². The Hall–Kier alpha value is -0.210. The molecule has 1 rings (SSSR count). The highest BCUT2D eigenvalue weighted by Gasteiger charge is 2.07. The lowest BCUT2D eigenvalue weighted by molar-refractivity contribution is 0.608. The molecule has 0 heterocycles. The minimum Gasteiger partial charge on any atom is -0.206 e. The van der Waals surface area contributed by atoms with Crippen LogP contribution in [0.25, 0.3) is 0 Å². The first-order valence-electron chi connectivity index (χ1n) is 3.21. The maximum Gasteiger partial charge on any atom is 0.131 e. The average Bonchev–Trinajstić information content (AvgIpc) is 1.99. The molecule has 0 aromatic heterocycles. The SMILES string of the molecule is Cc1ccc(Cl)c(CS)c1F. The molecule has 0 N–H and O–H groups in total. The predicted molar refractivity (Wildman–Crippen MR) is 48.8 cm³/mol. The van der Waals surface area contributed by atoms with E-state index in [9.17, 15) is 4.39 Å². The molecule has 0 unspecified atom stereocenters. The second kappa shape index (κ2) is 3.46. The molecule has 1 aromatic rings. The molecule has 0 aliphatic heterocycles. The Morgan fingerprint density at radius 3 is 2.64 bits per heavy atom. The second-order valence-electron chi connectivity index (χ2n) is 2.31. The highest BCUT2D eigenvalue weighted by molar-refractivity contribution is 7.79. The van der Waals surface area contributed by atoms with Crippen LogP contribution in [0.15, 0.2) is 12.1 Å². The molecule has 0 saturated heterocycles. The van der Waals surface area contributed by atoms with Crippen LogP contribution in [-0.4, -0.2) is 0 Å². The summed E-state index contributed by atoms with van der Waals surface area (Å²) < 4.78 is 13.1. The standard InChI is InChI=1S/C8H8ClFS/c1-5-2-3-7(9)6(4-11)8(5)10/h2-3,11H,4H2,1H3. The van der Waals surface area contributed by atoms with Crippen molar-refractivity contribution in [1.82, 2.24) is 0 Å². The summed E-state index contributed by atoms with van der Waals surface area (Å²) in [5.74, 6) is 0.0966. The maximum absolute atomic E-state index is 13.1. The summed E-state index contributed by atoms with van der Waals surface area (Å²) in [7, 11) is 0. The molecule has 0 radical (unpaired) electrons. The summed E-state index contributed by atoms with van der Waals surface area (Å²) in [4.78, 5) is 0. The Morgan fingerprint density at radius 1 is 1.55 bits per heavy atom. The average molecular weight is 191 g/mol. The van der Waals surface area contributed by atoms with E-state index in [0.29, 0.717) is 21.9 Å². The van der Waals surface area contributed by atoms with Gasteiger partial charge in [0.15, 0.2) is 0 Å². The number of aryl methyl sites for hydroxylation is 1. The van der Waals surface area contributed by atoms with Crippen molar-refractivity contribution in [3.63, 3.8) is 0 Å². The largest absolute Gasteiger partial charge is 0.206 e. The van der Waals surface area contributed by atoms with Gasteiger partial charge in [0.25, 0.3) is 0 Å². The molecule has 1 aromatic carbocycles. The van der Waals surface area contributed by atoms with Crippen molar-refractivity contribution < 1.29 is 4.39 Å². The van der Waals surface area contributed by atoms with Crippen LogP contribution < -0.4 is 0 Å². The van der Waals surface area contributed by atoms with Crippen molar-refractivity contribution >= 4 is 24.2 Å². The number of halogens is 2. The van der Waals surface area contributed by atoms with Gasteiger partial charge in [0.05, 0.1) is 0 Å². The first-order valence-corrected chi connectivity index (χ1v) is 4.22. The minimum atomic E-state index is -0.243. The third-order valence-corrected chi connectivity index (χ3v) is 2.21. The number of hydrogen-bond acceptors (Lipinski definition) is 1. The van der Waals surface area contributed by atoms with Crippen molar-refractivity contribution in [3.05, 3.63) is 34.1 Å². The van der Waals surface area contributed by atoms with Crippen molar-refractivity contribution in [3.8, 4) is 0 Å². The normalized spacial score (nSPS) is 10.2. The third kappa shape index (κ3) is 1.68. The van der Waals surface area contributed by atoms with E-state index >= 15 is 0 Å². The van der Waals surface area contributed by atoms with E-state index in [2.05, 4.69) is 12.6 Å². The first kappa shape index (κ1) is 8.88. The van der Waals surface area contributed by atoms with Crippen LogP contribution in [0.3, 0.4) is 0 Å². The fraction of sp³-hybridized carbons (Fsp3) is 0.250. The molecule has 0 fully saturated rings. The number of thiol groups is 1. The van der Waals surface area contributed by atoms with Gasteiger partial charge in [-0.15, -0.1) is 0 Å². The van der Waals surface area contributed by atoms with Gasteiger partial charge in [-0.1, -0.05) is 17.7 Å². The molecule has 60 valence electrons. The van der Waals surface area contributed by atoms with Crippen molar-refractivity contribution in [1.29, 1.82) is 0 Å². The highest BCUT2D eigenvalue weighted by Crippen LogP contribution is 2.22. The van der Waals surface area contributed by atoms with Gasteiger partial charge in [-0.05, 0) is 18.6 Å². The highest BCUT2D eigenvalue weighted by atomic mass is 35.5. The fourth-order valence-electron chi connectivity index (χ4n) is 0.860. The lowest BCUT2D eigenvalue weighted by atomic mass is 10.1. The summed E-state index contributed by atoms with van der Waals surface area (Å²) in [6.07, 6.45) is 0. The van der Waals surface area contributed by atoms with Gasteiger partial charge in [-0.25, -0.2) is 4.39 Å². The van der Waals surface area contributed by atoms with Crippen LogP contribution >= 0.6 is 24.2 Å². The third-order valence-electron chi connectivity index (χ3n) is 1.54. The number of benzene rings is 1. The summed E-state index contributed by atoms with van der Waals surface area (Å²) in [5, 5.41) is 0.447. The molecule has 0 aliphatic rings. The number of hydrogen-bond donors (Lipinski definition) is 1. The van der Waals surface area contributed by atoms with Gasteiger partial charge in [0.2, 0.25) is 0 Å². The van der Waals surface area contributed by atoms with E-state index < -0.39 is 0 Å². The molecular formula is C8H8ClFS. The van der Waals surface area contributed by atoms with Crippen molar-refractivity contribution in [2.45, 2.75) is 12.7 Å². The van der Waals surface area contributed by atoms with Crippen LogP contribution in [-0.2, 0) is 5.75 Å². The van der Waals surface area contributed by atoms with Gasteiger partial charge in [-0.3, -0.25) is 0 Å². The summed E-state index contributed by atoms with van der Waals surface area (Å²) in [6.45, 7) is 1.71. The summed E-state index contributed by atoms with van der Waals surface area (Å²) >= 11 is 9.69. The molecule has 0 nitrogen and oxygen atoms in total. The van der Waals surface area contributed by atoms with E-state index in [4.69, 9.17) is 11.6 Å². The quantitative estimate of drug-likeness (QED) is 0.646. The molecule has 0 bridgehead atoms. The molecule has 3 heteroatoms. The lowest BCUT2D eigenvalue weighted by Gasteiger charge is -2.03. The van der Waals surface area contributed by atoms with E-state index in [0.717, 1.165) is 0 Å². The van der Waals surface area contributed by atoms with Gasteiger partial charge in [0, 0.05) is 16.3 Å². The van der Waals surface area contributed by atoms with E-state index in [1.165, 1.54) is 0 Å². The molecule has 11 heavy (non-hydrogen) atoms. The fourth-order valence-corrected chi connectivity index (χ4v) is 1.47. The van der Waals surface area contributed by atoms with Gasteiger partial charge < -0.3 is 0 Å². The zero-order valence-electron chi connectivity index (χ0n) is 6.06. The summed E-state index contributed by atoms with van der Waals surface area (Å²) in [5.41, 5.74) is 1.09. The van der Waals surface area contributed by atoms with Crippen LogP contribution in [0, 0.1) is 12.7 Å². The van der Waals surface area contributed by atoms with Gasteiger partial charge in [-0.2, -0.15) is 12.6 Å². The monoisotopic (exact) mass is 190 g/mol. The molecular weight excluding hydrogens is 183 g/mol. The molecule has 0 saturated carbocycles. The first-order chi connectivity index (χ1) is 5.16. The predicted octanol–water partition coefficient (Wildman–Crippen LogP) is 3.22. The summed E-state index contributed by atoms with van der Waals surface area (Å²) in [6, 6.07) is 3.34. The molecule has 0 spiro atoms. The van der Waals surface area contributed by atoms with Crippen molar-refractivity contribution in [2.75, 3.05) is 0 Å². The van der Waals surface area contributed by atoms with Gasteiger partial charge in [0.1, 0.15) is 5.82 Å². The second-order valence-corrected chi connectivity index (χ2v) is 3.04. The van der Waals surface area contributed by atoms with Crippen LogP contribution in [0.2, 0.25) is 5.02 Å². The lowest BCUT2D eigenvalue weighted by Crippen LogP contribution is -1.90. The zero-order chi connectivity index (χ0) is 8.43. The topological polar surface area (TPSA) is 0 Å². The molecule has 0 atom stereocenters. The molecule has 0 aliphatic carbocycles. The zero-order valence-corrected chi connectivity index (χ0v) is 7.72. The van der Waals surface area contributed by atoms with Crippen molar-refractivity contribution in [2.24, 2.45) is 0 Å². The number of rotatable bonds is 1. The maximum atomic E-state index is 13.1. The smallest absolute Gasteiger partial charge is 0.131 e. The Balaban J connectivity index is 3.29. The van der Waals surface area contributed by atoms with Gasteiger partial charge >= 0.3 is 0 Å². The Kier molecular flexibility index (Phi) is 2.79. The van der Waals surface area contributed by atoms with E-state index in [1.54, 1.807) is 19.1 Å². The Morgan fingerprint density at radius 2 is 2.18 bits per heavy atom. The van der Waals surface area contributed by atoms with E-state index in [-0.39, 0.29) is 5.82 Å². The van der Waals surface area contributed by atoms with Crippen LogP contribution in [0.5, 0.6) is 0 Å². The molecule has 0 amide bonds. The minimum absolute atomic E-state index is 0.243.